The largest absolute Gasteiger partial charge is 0.466 e. The highest BCUT2D eigenvalue weighted by Gasteiger charge is 2.65. The molecule has 1 amide bonds. The van der Waals surface area contributed by atoms with Crippen molar-refractivity contribution in [3.63, 3.8) is 0 Å². The maximum atomic E-state index is 13.1. The van der Waals surface area contributed by atoms with Gasteiger partial charge in [-0.3, -0.25) is 4.79 Å². The van der Waals surface area contributed by atoms with Gasteiger partial charge in [0.2, 0.25) is 3.79 Å². The van der Waals surface area contributed by atoms with Gasteiger partial charge < -0.3 is 24.6 Å². The number of ether oxygens (including phenoxy) is 3. The van der Waals surface area contributed by atoms with Crippen LogP contribution in [-0.2, 0) is 19.0 Å². The zero-order valence-electron chi connectivity index (χ0n) is 23.7. The number of hydrogen-bond acceptors (Lipinski definition) is 6. The van der Waals surface area contributed by atoms with Crippen LogP contribution in [0.15, 0.2) is 0 Å². The van der Waals surface area contributed by atoms with Crippen LogP contribution in [0, 0.1) is 40.4 Å². The lowest BCUT2D eigenvalue weighted by molar-refractivity contribution is -0.183. The summed E-state index contributed by atoms with van der Waals surface area (Å²) in [5.41, 5.74) is -0.440. The van der Waals surface area contributed by atoms with E-state index in [0.29, 0.717) is 43.8 Å². The number of carbonyl (C=O) groups excluding carboxylic acids is 2. The normalized spacial score (nSPS) is 41.6. The minimum atomic E-state index is -1.70. The molecule has 4 saturated carbocycles. The van der Waals surface area contributed by atoms with Crippen molar-refractivity contribution in [1.29, 1.82) is 0 Å². The molecule has 39 heavy (non-hydrogen) atoms. The Kier molecular flexibility index (Phi) is 10.0. The Morgan fingerprint density at radius 3 is 2.44 bits per heavy atom. The van der Waals surface area contributed by atoms with Crippen molar-refractivity contribution in [2.75, 3.05) is 19.8 Å². The minimum absolute atomic E-state index is 0.136. The molecule has 0 aromatic heterocycles. The van der Waals surface area contributed by atoms with E-state index < -0.39 is 16.0 Å². The predicted octanol–water partition coefficient (Wildman–Crippen LogP) is 6.44. The van der Waals surface area contributed by atoms with Crippen LogP contribution in [0.3, 0.4) is 0 Å². The van der Waals surface area contributed by atoms with Gasteiger partial charge in [-0.15, -0.1) is 0 Å². The number of hydrogen-bond donors (Lipinski definition) is 2. The molecule has 0 spiro atoms. The predicted molar refractivity (Wildman–Crippen MR) is 152 cm³/mol. The zero-order valence-corrected chi connectivity index (χ0v) is 26.0. The molecule has 224 valence electrons. The lowest BCUT2D eigenvalue weighted by Gasteiger charge is -2.63. The summed E-state index contributed by atoms with van der Waals surface area (Å²) in [7, 11) is 0. The number of nitrogens with one attached hydrogen (secondary N) is 1. The van der Waals surface area contributed by atoms with Gasteiger partial charge in [0, 0.05) is 12.6 Å². The molecule has 4 rings (SSSR count). The average Bonchev–Trinajstić information content (AvgIpc) is 3.20. The van der Waals surface area contributed by atoms with Crippen LogP contribution in [0.2, 0.25) is 0 Å². The Hall–Kier alpha value is -0.470. The van der Waals surface area contributed by atoms with Crippen molar-refractivity contribution >= 4 is 46.9 Å². The molecule has 0 heterocycles. The van der Waals surface area contributed by atoms with Crippen LogP contribution in [0.1, 0.15) is 85.5 Å². The van der Waals surface area contributed by atoms with E-state index in [2.05, 4.69) is 26.1 Å². The standard InChI is InChI=1S/C29H46Cl3NO6/c1-5-7-12-38-23-15-27(3)17(13-22(23)34)8-9-18-19-10-11-20(25(35)37-6-2)28(19,4)14-21(24(18)27)33-26(36)39-16-29(30,31)32/h17-24,34H,5-16H2,1-4H3,(H,33,36)/t17?,18-,19-,20?,21?,22?,23?,24-,27-,28-/m0/s1. The molecule has 0 aliphatic heterocycles. The van der Waals surface area contributed by atoms with E-state index in [9.17, 15) is 14.7 Å². The highest BCUT2D eigenvalue weighted by atomic mass is 35.6. The van der Waals surface area contributed by atoms with Gasteiger partial charge in [-0.2, -0.15) is 0 Å². The van der Waals surface area contributed by atoms with E-state index in [1.165, 1.54) is 0 Å². The monoisotopic (exact) mass is 609 g/mol. The smallest absolute Gasteiger partial charge is 0.407 e. The Morgan fingerprint density at radius 2 is 1.77 bits per heavy atom. The molecule has 0 aromatic rings. The molecule has 4 fully saturated rings. The minimum Gasteiger partial charge on any atom is -0.466 e. The Labute approximate surface area is 248 Å². The molecule has 5 unspecified atom stereocenters. The van der Waals surface area contributed by atoms with Crippen LogP contribution < -0.4 is 5.32 Å². The number of halogens is 3. The van der Waals surface area contributed by atoms with Crippen molar-refractivity contribution in [1.82, 2.24) is 5.32 Å². The molecule has 10 heteroatoms. The number of fused-ring (bicyclic) bond motifs is 5. The zero-order chi connectivity index (χ0) is 28.6. The number of amides is 1. The van der Waals surface area contributed by atoms with E-state index in [0.717, 1.165) is 44.9 Å². The number of rotatable bonds is 8. The molecule has 4 aliphatic rings. The first-order chi connectivity index (χ1) is 18.3. The summed E-state index contributed by atoms with van der Waals surface area (Å²) >= 11 is 17.5. The summed E-state index contributed by atoms with van der Waals surface area (Å²) in [5, 5.41) is 14.2. The van der Waals surface area contributed by atoms with E-state index in [1.807, 2.05) is 6.92 Å². The third-order valence-corrected chi connectivity index (χ3v) is 11.0. The highest BCUT2D eigenvalue weighted by Crippen LogP contribution is 2.67. The Bertz CT molecular complexity index is 886. The second-order valence-corrected chi connectivity index (χ2v) is 15.4. The number of alkyl carbamates (subject to hydrolysis) is 1. The van der Waals surface area contributed by atoms with Gasteiger partial charge in [-0.25, -0.2) is 4.79 Å². The Balaban J connectivity index is 1.65. The maximum Gasteiger partial charge on any atom is 0.407 e. The summed E-state index contributed by atoms with van der Waals surface area (Å²) < 4.78 is 15.4. The van der Waals surface area contributed by atoms with Gasteiger partial charge in [0.15, 0.2) is 0 Å². The highest BCUT2D eigenvalue weighted by molar-refractivity contribution is 6.67. The first-order valence-electron chi connectivity index (χ1n) is 14.8. The van der Waals surface area contributed by atoms with Gasteiger partial charge in [-0.05, 0) is 92.8 Å². The molecule has 10 atom stereocenters. The molecule has 0 aromatic carbocycles. The summed E-state index contributed by atoms with van der Waals surface area (Å²) in [5.74, 6) is 0.830. The van der Waals surface area contributed by atoms with Crippen LogP contribution in [0.5, 0.6) is 0 Å². The number of esters is 1. The first-order valence-corrected chi connectivity index (χ1v) is 15.9. The Morgan fingerprint density at radius 1 is 1.03 bits per heavy atom. The summed E-state index contributed by atoms with van der Waals surface area (Å²) in [4.78, 5) is 26.1. The number of alkyl halides is 3. The van der Waals surface area contributed by atoms with Gasteiger partial charge in [0.05, 0.1) is 24.7 Å². The van der Waals surface area contributed by atoms with Crippen molar-refractivity contribution in [2.45, 2.75) is 108 Å². The van der Waals surface area contributed by atoms with Gasteiger partial charge >= 0.3 is 12.1 Å². The van der Waals surface area contributed by atoms with Crippen molar-refractivity contribution in [3.05, 3.63) is 0 Å². The second kappa shape index (κ2) is 12.4. The summed E-state index contributed by atoms with van der Waals surface area (Å²) in [6.45, 7) is 9.15. The fourth-order valence-electron chi connectivity index (χ4n) is 9.10. The lowest BCUT2D eigenvalue weighted by Crippen LogP contribution is -2.64. The molecule has 7 nitrogen and oxygen atoms in total. The lowest BCUT2D eigenvalue weighted by atomic mass is 9.43. The summed E-state index contributed by atoms with van der Waals surface area (Å²) in [6, 6.07) is -0.228. The number of carbonyl (C=O) groups is 2. The second-order valence-electron chi connectivity index (χ2n) is 12.9. The molecule has 0 radical (unpaired) electrons. The maximum absolute atomic E-state index is 13.1. The quantitative estimate of drug-likeness (QED) is 0.187. The van der Waals surface area contributed by atoms with E-state index in [4.69, 9.17) is 49.0 Å². The van der Waals surface area contributed by atoms with E-state index in [1.54, 1.807) is 0 Å². The van der Waals surface area contributed by atoms with Gasteiger partial charge in [0.1, 0.15) is 6.61 Å². The average molecular weight is 611 g/mol. The van der Waals surface area contributed by atoms with Crippen molar-refractivity contribution in [3.8, 4) is 0 Å². The first kappa shape index (κ1) is 31.5. The van der Waals surface area contributed by atoms with Crippen molar-refractivity contribution in [2.24, 2.45) is 40.4 Å². The molecule has 2 N–H and O–H groups in total. The molecular formula is C29H46Cl3NO6. The third kappa shape index (κ3) is 6.48. The van der Waals surface area contributed by atoms with Crippen LogP contribution >= 0.6 is 34.8 Å². The molecule has 0 bridgehead atoms. The fourth-order valence-corrected chi connectivity index (χ4v) is 9.26. The summed E-state index contributed by atoms with van der Waals surface area (Å²) in [6.07, 6.45) is 6.59. The number of unbranched alkanes of at least 4 members (excludes halogenated alkanes) is 1. The van der Waals surface area contributed by atoms with Gasteiger partial charge in [-0.1, -0.05) is 62.0 Å². The van der Waals surface area contributed by atoms with E-state index >= 15 is 0 Å². The number of aliphatic hydroxyl groups is 1. The van der Waals surface area contributed by atoms with Gasteiger partial charge in [0.25, 0.3) is 0 Å². The molecular weight excluding hydrogens is 565 g/mol. The van der Waals surface area contributed by atoms with Crippen LogP contribution in [-0.4, -0.2) is 59.0 Å². The topological polar surface area (TPSA) is 94.1 Å². The SMILES string of the molecule is CCCCOC1C[C@@]2(C)C(CC[C@@H]3[C@H]2C(NC(=O)OCC(Cl)(Cl)Cl)C[C@]2(C)C(C(=O)OCC)CC[C@@H]32)CC1O. The number of aliphatic hydroxyl groups excluding tert-OH is 1. The molecule has 4 aliphatic carbocycles. The van der Waals surface area contributed by atoms with E-state index in [-0.39, 0.29) is 47.4 Å². The fraction of sp³-hybridized carbons (Fsp3) is 0.931. The third-order valence-electron chi connectivity index (χ3n) is 10.7. The van der Waals surface area contributed by atoms with Crippen LogP contribution in [0.25, 0.3) is 0 Å². The van der Waals surface area contributed by atoms with Crippen molar-refractivity contribution < 1.29 is 28.9 Å². The van der Waals surface area contributed by atoms with Crippen LogP contribution in [0.4, 0.5) is 4.79 Å². The molecule has 0 saturated heterocycles.